The lowest BCUT2D eigenvalue weighted by Gasteiger charge is -2.46. The van der Waals surface area contributed by atoms with Gasteiger partial charge in [0, 0.05) is 52.4 Å². The molecule has 3 aliphatic rings. The van der Waals surface area contributed by atoms with Gasteiger partial charge in [-0.25, -0.2) is 0 Å². The molecule has 0 aromatic carbocycles. The third-order valence-corrected chi connectivity index (χ3v) is 9.59. The van der Waals surface area contributed by atoms with E-state index in [1.807, 2.05) is 0 Å². The van der Waals surface area contributed by atoms with Crippen LogP contribution in [0.1, 0.15) is 27.2 Å². The van der Waals surface area contributed by atoms with Crippen molar-refractivity contribution in [1.82, 2.24) is 20.4 Å². The number of likely N-dealkylation sites (N-methyl/N-ethyl adjacent to an activating group) is 1. The van der Waals surface area contributed by atoms with E-state index in [-0.39, 0.29) is 29.3 Å². The molecule has 208 valence electrons. The zero-order valence-corrected chi connectivity index (χ0v) is 23.8. The van der Waals surface area contributed by atoms with Gasteiger partial charge in [-0.1, -0.05) is 12.5 Å². The molecule has 3 rings (SSSR count). The lowest BCUT2D eigenvalue weighted by molar-refractivity contribution is -0.927. The Kier molecular flexibility index (Phi) is 11.0. The molecule has 0 radical (unpaired) electrons. The first kappa shape index (κ1) is 29.8. The predicted octanol–water partition coefficient (Wildman–Crippen LogP) is -0.00470. The summed E-state index contributed by atoms with van der Waals surface area (Å²) in [6, 6.07) is 0.203. The van der Waals surface area contributed by atoms with E-state index in [4.69, 9.17) is 27.8 Å². The van der Waals surface area contributed by atoms with Crippen molar-refractivity contribution in [2.24, 2.45) is 23.3 Å². The van der Waals surface area contributed by atoms with Gasteiger partial charge in [-0.2, -0.15) is 0 Å². The molecule has 0 aromatic rings. The molecule has 0 saturated carbocycles. The molecule has 0 aromatic heterocycles. The second-order valence-corrected chi connectivity index (χ2v) is 11.9. The Hall–Kier alpha value is -0.780. The first-order valence-electron chi connectivity index (χ1n) is 13.8. The summed E-state index contributed by atoms with van der Waals surface area (Å²) in [7, 11) is 3.93. The van der Waals surface area contributed by atoms with Crippen LogP contribution in [0.5, 0.6) is 0 Å². The molecule has 7 unspecified atom stereocenters. The average Bonchev–Trinajstić information content (AvgIpc) is 2.94. The number of piperazine rings is 1. The summed E-state index contributed by atoms with van der Waals surface area (Å²) < 4.78 is 5.89. The Morgan fingerprint density at radius 3 is 2.64 bits per heavy atom. The number of quaternary nitrogens is 1. The van der Waals surface area contributed by atoms with Crippen LogP contribution >= 0.6 is 11.6 Å². The number of nitrogens with two attached hydrogens (primary N) is 2. The summed E-state index contributed by atoms with van der Waals surface area (Å²) in [6.45, 7) is 15.6. The first-order valence-corrected chi connectivity index (χ1v) is 14.2. The van der Waals surface area contributed by atoms with Crippen LogP contribution in [-0.4, -0.2) is 130 Å². The zero-order valence-electron chi connectivity index (χ0n) is 23.1. The summed E-state index contributed by atoms with van der Waals surface area (Å²) in [4.78, 5) is 18.9. The second-order valence-electron chi connectivity index (χ2n) is 11.3. The molecule has 1 amide bonds. The topological polar surface area (TPSA) is 109 Å². The number of amides is 1. The van der Waals surface area contributed by atoms with Crippen molar-refractivity contribution in [3.63, 3.8) is 0 Å². The number of allylic oxidation sites excluding steroid dienone is 1. The molecular formula is C26H51ClN7O2+. The largest absolute Gasteiger partial charge is 0.383 e. The van der Waals surface area contributed by atoms with Gasteiger partial charge >= 0.3 is 0 Å². The Labute approximate surface area is 223 Å². The van der Waals surface area contributed by atoms with Crippen molar-refractivity contribution in [1.29, 1.82) is 0 Å². The standard InChI is InChI=1S/C26H50ClN7O2/c1-6-34(4)17-20(27)19(3)18(2)15-23(34)24(25(28)29)26(35)31-21-16-30-8-7-22(21)33-11-9-32(10-12-33)13-14-36-5/h15,19-25,30H,6-14,16-17,28-29H2,1-5H3/p+1. The lowest BCUT2D eigenvalue weighted by atomic mass is 9.89. The molecule has 36 heavy (non-hydrogen) atoms. The van der Waals surface area contributed by atoms with Gasteiger partial charge < -0.3 is 31.3 Å². The molecule has 0 bridgehead atoms. The number of hydrogen-bond acceptors (Lipinski definition) is 7. The third kappa shape index (κ3) is 6.99. The van der Waals surface area contributed by atoms with Gasteiger partial charge in [-0.05, 0) is 38.8 Å². The number of piperidine rings is 1. The van der Waals surface area contributed by atoms with Crippen molar-refractivity contribution < 1.29 is 14.0 Å². The van der Waals surface area contributed by atoms with Crippen LogP contribution in [0.15, 0.2) is 11.6 Å². The number of carbonyl (C=O) groups is 1. The fourth-order valence-electron chi connectivity index (χ4n) is 6.20. The molecule has 9 nitrogen and oxygen atoms in total. The van der Waals surface area contributed by atoms with Crippen LogP contribution in [0, 0.1) is 11.8 Å². The quantitative estimate of drug-likeness (QED) is 0.144. The minimum atomic E-state index is -0.760. The molecular weight excluding hydrogens is 478 g/mol. The highest BCUT2D eigenvalue weighted by Crippen LogP contribution is 2.33. The molecule has 3 heterocycles. The molecule has 7 atom stereocenters. The molecule has 0 aliphatic carbocycles. The molecule has 2 saturated heterocycles. The highest BCUT2D eigenvalue weighted by Gasteiger charge is 2.47. The molecule has 6 N–H and O–H groups in total. The van der Waals surface area contributed by atoms with E-state index >= 15 is 0 Å². The van der Waals surface area contributed by atoms with Gasteiger partial charge in [0.05, 0.1) is 44.3 Å². The van der Waals surface area contributed by atoms with Crippen molar-refractivity contribution in [2.75, 3.05) is 79.7 Å². The van der Waals surface area contributed by atoms with Crippen molar-refractivity contribution in [3.05, 3.63) is 11.6 Å². The van der Waals surface area contributed by atoms with Crippen LogP contribution in [-0.2, 0) is 9.53 Å². The highest BCUT2D eigenvalue weighted by molar-refractivity contribution is 6.21. The second kappa shape index (κ2) is 13.3. The number of nitrogens with zero attached hydrogens (tertiary/aromatic N) is 3. The zero-order chi connectivity index (χ0) is 26.5. The number of alkyl halides is 1. The van der Waals surface area contributed by atoms with Gasteiger partial charge in [-0.3, -0.25) is 14.6 Å². The van der Waals surface area contributed by atoms with Gasteiger partial charge in [-0.15, -0.1) is 11.6 Å². The molecule has 0 spiro atoms. The SMILES string of the molecule is CC[N+]1(C)CC(Cl)C(C)C(C)=CC1C(C(=O)NC1CNCCC1N1CCN(CCOC)CC1)C(N)N. The predicted molar refractivity (Wildman–Crippen MR) is 147 cm³/mol. The number of carbonyl (C=O) groups excluding carboxylic acids is 1. The van der Waals surface area contributed by atoms with E-state index in [2.05, 4.69) is 54.3 Å². The summed E-state index contributed by atoms with van der Waals surface area (Å²) in [5.74, 6) is -0.338. The maximum Gasteiger partial charge on any atom is 0.232 e. The first-order chi connectivity index (χ1) is 17.1. The highest BCUT2D eigenvalue weighted by atomic mass is 35.5. The van der Waals surface area contributed by atoms with Crippen molar-refractivity contribution >= 4 is 17.5 Å². The normalized spacial score (nSPS) is 35.8. The van der Waals surface area contributed by atoms with Gasteiger partial charge in [0.2, 0.25) is 5.91 Å². The number of hydrogen-bond donors (Lipinski definition) is 4. The van der Waals surface area contributed by atoms with E-state index in [1.54, 1.807) is 7.11 Å². The van der Waals surface area contributed by atoms with E-state index in [0.29, 0.717) is 10.5 Å². The van der Waals surface area contributed by atoms with Gasteiger partial charge in [0.1, 0.15) is 12.0 Å². The lowest BCUT2D eigenvalue weighted by Crippen LogP contribution is -2.67. The molecule has 10 heteroatoms. The number of ether oxygens (including phenoxy) is 1. The van der Waals surface area contributed by atoms with Crippen LogP contribution in [0.25, 0.3) is 0 Å². The van der Waals surface area contributed by atoms with Gasteiger partial charge in [0.15, 0.2) is 0 Å². The maximum atomic E-state index is 13.9. The molecule has 3 aliphatic heterocycles. The minimum absolute atomic E-state index is 0.00314. The van der Waals surface area contributed by atoms with Crippen molar-refractivity contribution in [2.45, 2.75) is 56.9 Å². The Morgan fingerprint density at radius 1 is 1.33 bits per heavy atom. The molecule has 2 fully saturated rings. The maximum absolute atomic E-state index is 13.9. The van der Waals surface area contributed by atoms with Crippen molar-refractivity contribution in [3.8, 4) is 0 Å². The van der Waals surface area contributed by atoms with Crippen LogP contribution in [0.3, 0.4) is 0 Å². The number of methoxy groups -OCH3 is 1. The van der Waals surface area contributed by atoms with Crippen LogP contribution in [0.4, 0.5) is 0 Å². The van der Waals surface area contributed by atoms with E-state index in [0.717, 1.165) is 71.9 Å². The summed E-state index contributed by atoms with van der Waals surface area (Å²) in [5, 5.41) is 6.89. The Bertz CT molecular complexity index is 746. The number of halogens is 1. The number of nitrogens with one attached hydrogen (secondary N) is 2. The Balaban J connectivity index is 1.75. The van der Waals surface area contributed by atoms with E-state index in [1.165, 1.54) is 5.57 Å². The van der Waals surface area contributed by atoms with E-state index in [9.17, 15) is 4.79 Å². The van der Waals surface area contributed by atoms with Crippen LogP contribution in [0.2, 0.25) is 0 Å². The third-order valence-electron chi connectivity index (χ3n) is 9.07. The summed E-state index contributed by atoms with van der Waals surface area (Å²) >= 11 is 6.81. The Morgan fingerprint density at radius 2 is 2.03 bits per heavy atom. The fraction of sp³-hybridized carbons (Fsp3) is 0.885. The minimum Gasteiger partial charge on any atom is -0.383 e. The number of rotatable bonds is 9. The summed E-state index contributed by atoms with van der Waals surface area (Å²) in [6.07, 6.45) is 2.48. The summed E-state index contributed by atoms with van der Waals surface area (Å²) in [5.41, 5.74) is 13.9. The van der Waals surface area contributed by atoms with E-state index < -0.39 is 12.1 Å². The smallest absolute Gasteiger partial charge is 0.232 e. The fourth-order valence-corrected chi connectivity index (χ4v) is 6.71. The monoisotopic (exact) mass is 528 g/mol. The van der Waals surface area contributed by atoms with Crippen LogP contribution < -0.4 is 22.1 Å². The average molecular weight is 529 g/mol. The van der Waals surface area contributed by atoms with Gasteiger partial charge in [0.25, 0.3) is 0 Å².